The molecule has 5 heterocycles. The molecule has 1 aliphatic heterocycles. The van der Waals surface area contributed by atoms with E-state index in [4.69, 9.17) is 4.98 Å². The van der Waals surface area contributed by atoms with Crippen LogP contribution in [-0.2, 0) is 18.0 Å². The second-order valence-electron chi connectivity index (χ2n) is 16.9. The highest BCUT2D eigenvalue weighted by atomic mass is 19.4. The van der Waals surface area contributed by atoms with Gasteiger partial charge in [0.1, 0.15) is 11.5 Å². The van der Waals surface area contributed by atoms with Gasteiger partial charge in [0.25, 0.3) is 11.5 Å². The summed E-state index contributed by atoms with van der Waals surface area (Å²) in [6.07, 6.45) is 3.84. The number of carbonyl (C=O) groups excluding carboxylic acids is 3. The second-order valence-corrected chi connectivity index (χ2v) is 16.9. The average Bonchev–Trinajstić information content (AvgIpc) is 3.87. The highest BCUT2D eigenvalue weighted by Gasteiger charge is 2.34. The number of carbonyl (C=O) groups is 3. The van der Waals surface area contributed by atoms with E-state index >= 15 is 0 Å². The second kappa shape index (κ2) is 17.8. The monoisotopic (exact) mass is 868 g/mol. The van der Waals surface area contributed by atoms with E-state index < -0.39 is 17.6 Å². The van der Waals surface area contributed by atoms with Gasteiger partial charge in [-0.05, 0) is 88.3 Å². The Morgan fingerprint density at radius 2 is 1.67 bits per heavy atom. The zero-order chi connectivity index (χ0) is 44.6. The van der Waals surface area contributed by atoms with Gasteiger partial charge in [-0.15, -0.1) is 0 Å². The van der Waals surface area contributed by atoms with Gasteiger partial charge < -0.3 is 26.2 Å². The molecule has 3 aliphatic rings. The van der Waals surface area contributed by atoms with Crippen LogP contribution in [0.3, 0.4) is 0 Å². The molecular formula is C44H51F3N12O4. The van der Waals surface area contributed by atoms with Crippen molar-refractivity contribution >= 4 is 57.6 Å². The van der Waals surface area contributed by atoms with E-state index in [2.05, 4.69) is 46.1 Å². The molecule has 1 aromatic carbocycles. The predicted octanol–water partition coefficient (Wildman–Crippen LogP) is 6.00. The van der Waals surface area contributed by atoms with Gasteiger partial charge >= 0.3 is 6.18 Å². The number of ketones is 1. The van der Waals surface area contributed by atoms with Gasteiger partial charge in [-0.1, -0.05) is 12.8 Å². The molecule has 5 aromatic rings. The number of benzene rings is 1. The molecule has 16 nitrogen and oxygen atoms in total. The van der Waals surface area contributed by atoms with Crippen LogP contribution in [0.15, 0.2) is 53.6 Å². The number of fused-ring (bicyclic) bond motifs is 1. The number of Topliss-reactive ketones (excluding diaryl/α,β-unsaturated/α-hetero) is 1. The zero-order valence-corrected chi connectivity index (χ0v) is 35.7. The normalized spacial score (nSPS) is 18.3. The van der Waals surface area contributed by atoms with Crippen LogP contribution in [0.5, 0.6) is 0 Å². The Labute approximate surface area is 361 Å². The largest absolute Gasteiger partial charge is 0.416 e. The van der Waals surface area contributed by atoms with Gasteiger partial charge in [0, 0.05) is 80.9 Å². The summed E-state index contributed by atoms with van der Waals surface area (Å²) >= 11 is 0. The van der Waals surface area contributed by atoms with Crippen molar-refractivity contribution in [1.82, 2.24) is 39.5 Å². The number of halogens is 3. The molecule has 0 unspecified atom stereocenters. The summed E-state index contributed by atoms with van der Waals surface area (Å²) in [4.78, 5) is 70.2. The molecule has 4 N–H and O–H groups in total. The first-order chi connectivity index (χ1) is 30.1. The molecule has 2 saturated carbocycles. The van der Waals surface area contributed by atoms with E-state index in [0.29, 0.717) is 79.7 Å². The summed E-state index contributed by atoms with van der Waals surface area (Å²) in [6, 6.07) is 8.33. The molecule has 0 spiro atoms. The van der Waals surface area contributed by atoms with Gasteiger partial charge in [-0.3, -0.25) is 33.3 Å². The SMILES string of the molecule is CC(=O)c1c(C)c2cnc(Nc3ccc(N4CCN(CC(=O)NCC5CC(Nc6cc(C(F)(F)F)ccc6C(=O)Nc6cc(C)n(C)n6)C5)CC4)cn3)nc2n(C2CCCC2)c1=O. The minimum absolute atomic E-state index is 0.0223. The van der Waals surface area contributed by atoms with E-state index in [1.165, 1.54) is 13.0 Å². The van der Waals surface area contributed by atoms with Gasteiger partial charge in [0.05, 0.1) is 35.1 Å². The van der Waals surface area contributed by atoms with Crippen LogP contribution < -0.4 is 31.7 Å². The van der Waals surface area contributed by atoms with Gasteiger partial charge in [0.2, 0.25) is 11.9 Å². The maximum atomic E-state index is 13.6. The van der Waals surface area contributed by atoms with Crippen molar-refractivity contribution in [3.63, 3.8) is 0 Å². The van der Waals surface area contributed by atoms with Crippen LogP contribution in [-0.4, -0.2) is 97.1 Å². The molecule has 332 valence electrons. The lowest BCUT2D eigenvalue weighted by Crippen LogP contribution is -2.50. The molecule has 8 rings (SSSR count). The van der Waals surface area contributed by atoms with Crippen molar-refractivity contribution in [2.45, 2.75) is 77.6 Å². The first kappa shape index (κ1) is 43.3. The Morgan fingerprint density at radius 1 is 0.921 bits per heavy atom. The van der Waals surface area contributed by atoms with Gasteiger partial charge in [-0.25, -0.2) is 9.97 Å². The molecule has 63 heavy (non-hydrogen) atoms. The summed E-state index contributed by atoms with van der Waals surface area (Å²) in [6.45, 7) is 8.44. The number of rotatable bonds is 13. The Morgan fingerprint density at radius 3 is 2.32 bits per heavy atom. The number of hydrogen-bond donors (Lipinski definition) is 4. The van der Waals surface area contributed by atoms with Crippen molar-refractivity contribution < 1.29 is 27.6 Å². The minimum Gasteiger partial charge on any atom is -0.382 e. The first-order valence-electron chi connectivity index (χ1n) is 21.3. The Bertz CT molecular complexity index is 2570. The quantitative estimate of drug-likeness (QED) is 0.102. The topological polar surface area (TPSA) is 184 Å². The first-order valence-corrected chi connectivity index (χ1v) is 21.3. The number of alkyl halides is 3. The van der Waals surface area contributed by atoms with Crippen LogP contribution in [0.1, 0.15) is 89.0 Å². The van der Waals surface area contributed by atoms with E-state index in [-0.39, 0.29) is 58.6 Å². The van der Waals surface area contributed by atoms with Crippen molar-refractivity contribution in [3.05, 3.63) is 87.1 Å². The molecule has 19 heteroatoms. The maximum Gasteiger partial charge on any atom is 0.416 e. The van der Waals surface area contributed by atoms with Crippen molar-refractivity contribution in [2.75, 3.05) is 60.1 Å². The van der Waals surface area contributed by atoms with Crippen LogP contribution in [0, 0.1) is 19.8 Å². The van der Waals surface area contributed by atoms with E-state index in [0.717, 1.165) is 49.2 Å². The summed E-state index contributed by atoms with van der Waals surface area (Å²) in [7, 11) is 1.73. The highest BCUT2D eigenvalue weighted by Crippen LogP contribution is 2.36. The molecule has 2 aliphatic carbocycles. The molecule has 4 aromatic heterocycles. The van der Waals surface area contributed by atoms with Crippen LogP contribution in [0.25, 0.3) is 11.0 Å². The van der Waals surface area contributed by atoms with Crippen molar-refractivity contribution in [1.29, 1.82) is 0 Å². The summed E-state index contributed by atoms with van der Waals surface area (Å²) < 4.78 is 44.1. The number of nitrogens with zero attached hydrogens (tertiary/aromatic N) is 8. The number of hydrogen-bond acceptors (Lipinski definition) is 12. The highest BCUT2D eigenvalue weighted by molar-refractivity contribution is 6.07. The van der Waals surface area contributed by atoms with Gasteiger partial charge in [-0.2, -0.15) is 23.3 Å². The maximum absolute atomic E-state index is 13.6. The number of nitrogens with one attached hydrogen (secondary N) is 4. The Hall–Kier alpha value is -6.37. The molecule has 0 atom stereocenters. The third kappa shape index (κ3) is 9.52. The number of aryl methyl sites for hydroxylation is 3. The van der Waals surface area contributed by atoms with Crippen LogP contribution >= 0.6 is 0 Å². The summed E-state index contributed by atoms with van der Waals surface area (Å²) in [5, 5.41) is 16.9. The number of aromatic nitrogens is 6. The fraction of sp³-hybridized carbons (Fsp3) is 0.455. The molecule has 0 radical (unpaired) electrons. The average molecular weight is 869 g/mol. The summed E-state index contributed by atoms with van der Waals surface area (Å²) in [5.74, 6) is 0.347. The lowest BCUT2D eigenvalue weighted by Gasteiger charge is -2.38. The van der Waals surface area contributed by atoms with Crippen molar-refractivity contribution in [2.24, 2.45) is 13.0 Å². The minimum atomic E-state index is -4.57. The Kier molecular flexibility index (Phi) is 12.2. The molecule has 2 amide bonds. The van der Waals surface area contributed by atoms with Crippen LogP contribution in [0.4, 0.5) is 42.1 Å². The standard InChI is InChI=1S/C44H51F3N12O4/c1-25-17-37(55-56(25)4)52-41(62)33-11-9-29(44(45,46)47)20-35(33)51-30-18-28(19-30)21-49-38(61)24-57-13-15-58(16-14-57)32-10-12-36(48-22-32)53-43-50-23-34-26(2)39(27(3)60)42(63)59(40(34)54-43)31-7-5-6-8-31/h9-12,17,20,22-23,28,30-31,51H,5-8,13-16,18-19,21,24H2,1-4H3,(H,49,61)(H,52,55,62)(H,48,50,53,54). The van der Waals surface area contributed by atoms with Crippen molar-refractivity contribution in [3.8, 4) is 0 Å². The zero-order valence-electron chi connectivity index (χ0n) is 35.7. The number of piperazine rings is 1. The summed E-state index contributed by atoms with van der Waals surface area (Å²) in [5.41, 5.74) is 2.03. The number of pyridine rings is 2. The molecule has 1 saturated heterocycles. The fourth-order valence-corrected chi connectivity index (χ4v) is 8.84. The fourth-order valence-electron chi connectivity index (χ4n) is 8.84. The lowest BCUT2D eigenvalue weighted by molar-refractivity contribution is -0.137. The lowest BCUT2D eigenvalue weighted by atomic mass is 9.80. The van der Waals surface area contributed by atoms with E-state index in [1.807, 2.05) is 19.1 Å². The van der Waals surface area contributed by atoms with E-state index in [1.54, 1.807) is 41.7 Å². The smallest absolute Gasteiger partial charge is 0.382 e. The number of anilines is 5. The number of amides is 2. The molecular weight excluding hydrogens is 818 g/mol. The predicted molar refractivity (Wildman–Crippen MR) is 233 cm³/mol. The third-order valence-electron chi connectivity index (χ3n) is 12.5. The Balaban J connectivity index is 0.797. The molecule has 0 bridgehead atoms. The third-order valence-corrected chi connectivity index (χ3v) is 12.5. The van der Waals surface area contributed by atoms with Crippen LogP contribution in [0.2, 0.25) is 0 Å². The van der Waals surface area contributed by atoms with Gasteiger partial charge in [0.15, 0.2) is 11.6 Å². The van der Waals surface area contributed by atoms with E-state index in [9.17, 15) is 32.3 Å². The molecule has 3 fully saturated rings.